The van der Waals surface area contributed by atoms with Crippen LogP contribution in [0.25, 0.3) is 0 Å². The third-order valence-corrected chi connectivity index (χ3v) is 1.48. The third-order valence-electron chi connectivity index (χ3n) is 1.48. The van der Waals surface area contributed by atoms with E-state index in [2.05, 4.69) is 15.3 Å². The molecule has 0 saturated carbocycles. The van der Waals surface area contributed by atoms with E-state index in [1.54, 1.807) is 19.0 Å². The van der Waals surface area contributed by atoms with E-state index in [9.17, 15) is 4.79 Å². The van der Waals surface area contributed by atoms with Crippen molar-refractivity contribution in [2.24, 2.45) is 0 Å². The molecule has 0 spiro atoms. The van der Waals surface area contributed by atoms with Crippen molar-refractivity contribution in [1.29, 1.82) is 0 Å². The van der Waals surface area contributed by atoms with E-state index >= 15 is 0 Å². The second kappa shape index (κ2) is 3.70. The van der Waals surface area contributed by atoms with Crippen molar-refractivity contribution in [3.8, 4) is 0 Å². The molecule has 1 aromatic heterocycles. The largest absolute Gasteiger partial charge is 0.382 e. The number of nitrogen functional groups attached to an aromatic ring is 1. The molecule has 0 aliphatic carbocycles. The third kappa shape index (κ3) is 1.84. The fraction of sp³-hybridized carbons (Fsp3) is 0.286. The van der Waals surface area contributed by atoms with Crippen molar-refractivity contribution in [3.63, 3.8) is 0 Å². The van der Waals surface area contributed by atoms with Gasteiger partial charge < -0.3 is 16.0 Å². The monoisotopic (exact) mass is 181 g/mol. The van der Waals surface area contributed by atoms with Gasteiger partial charge in [0.1, 0.15) is 12.0 Å². The van der Waals surface area contributed by atoms with Crippen molar-refractivity contribution in [3.05, 3.63) is 6.33 Å². The molecule has 3 N–H and O–H groups in total. The lowest BCUT2D eigenvalue weighted by atomic mass is 10.4. The summed E-state index contributed by atoms with van der Waals surface area (Å²) in [6.07, 6.45) is 1.89. The van der Waals surface area contributed by atoms with Crippen LogP contribution >= 0.6 is 0 Å². The molecule has 1 rings (SSSR count). The predicted molar refractivity (Wildman–Crippen MR) is 50.5 cm³/mol. The molecule has 70 valence electrons. The minimum atomic E-state index is 0.255. The van der Waals surface area contributed by atoms with Gasteiger partial charge in [-0.1, -0.05) is 0 Å². The van der Waals surface area contributed by atoms with Crippen LogP contribution in [0.3, 0.4) is 0 Å². The molecule has 0 aliphatic heterocycles. The fourth-order valence-electron chi connectivity index (χ4n) is 0.926. The van der Waals surface area contributed by atoms with Crippen LogP contribution in [0, 0.1) is 0 Å². The van der Waals surface area contributed by atoms with Crippen molar-refractivity contribution in [1.82, 2.24) is 9.97 Å². The summed E-state index contributed by atoms with van der Waals surface area (Å²) in [6.45, 7) is 0. The SMILES string of the molecule is CN(C)c1ncnc(N)c1NC=O. The van der Waals surface area contributed by atoms with Crippen LogP contribution in [0.5, 0.6) is 0 Å². The molecule has 6 heteroatoms. The van der Waals surface area contributed by atoms with E-state index in [0.29, 0.717) is 17.9 Å². The molecule has 1 amide bonds. The zero-order chi connectivity index (χ0) is 9.84. The molecule has 0 saturated heterocycles. The molecule has 6 nitrogen and oxygen atoms in total. The smallest absolute Gasteiger partial charge is 0.211 e. The summed E-state index contributed by atoms with van der Waals surface area (Å²) < 4.78 is 0. The van der Waals surface area contributed by atoms with E-state index in [1.165, 1.54) is 6.33 Å². The van der Waals surface area contributed by atoms with Crippen LogP contribution in [0.1, 0.15) is 0 Å². The van der Waals surface area contributed by atoms with Crippen LogP contribution in [-0.4, -0.2) is 30.5 Å². The maximum Gasteiger partial charge on any atom is 0.211 e. The topological polar surface area (TPSA) is 84.1 Å². The van der Waals surface area contributed by atoms with Crippen LogP contribution < -0.4 is 16.0 Å². The molecule has 0 bridgehead atoms. The second-order valence-electron chi connectivity index (χ2n) is 2.61. The van der Waals surface area contributed by atoms with Crippen LogP contribution in [0.4, 0.5) is 17.3 Å². The summed E-state index contributed by atoms with van der Waals surface area (Å²) in [7, 11) is 3.61. The summed E-state index contributed by atoms with van der Waals surface area (Å²) in [5, 5.41) is 2.45. The zero-order valence-electron chi connectivity index (χ0n) is 7.48. The Balaban J connectivity index is 3.16. The van der Waals surface area contributed by atoms with Gasteiger partial charge in [0.2, 0.25) is 6.41 Å². The molecule has 0 atom stereocenters. The first-order valence-electron chi connectivity index (χ1n) is 3.64. The number of carbonyl (C=O) groups is 1. The summed E-state index contributed by atoms with van der Waals surface area (Å²) in [6, 6.07) is 0. The average molecular weight is 181 g/mol. The molecular weight excluding hydrogens is 170 g/mol. The quantitative estimate of drug-likeness (QED) is 0.625. The highest BCUT2D eigenvalue weighted by Crippen LogP contribution is 2.24. The van der Waals surface area contributed by atoms with Crippen LogP contribution in [-0.2, 0) is 4.79 Å². The number of nitrogens with two attached hydrogens (primary N) is 1. The van der Waals surface area contributed by atoms with E-state index in [-0.39, 0.29) is 5.82 Å². The lowest BCUT2D eigenvalue weighted by Crippen LogP contribution is -2.15. The van der Waals surface area contributed by atoms with Gasteiger partial charge >= 0.3 is 0 Å². The molecule has 13 heavy (non-hydrogen) atoms. The van der Waals surface area contributed by atoms with E-state index in [0.717, 1.165) is 0 Å². The second-order valence-corrected chi connectivity index (χ2v) is 2.61. The van der Waals surface area contributed by atoms with Crippen LogP contribution in [0.15, 0.2) is 6.33 Å². The first-order chi connectivity index (χ1) is 6.16. The molecule has 0 aromatic carbocycles. The maximum absolute atomic E-state index is 10.3. The molecule has 0 unspecified atom stereocenters. The number of nitrogens with one attached hydrogen (secondary N) is 1. The fourth-order valence-corrected chi connectivity index (χ4v) is 0.926. The van der Waals surface area contributed by atoms with Gasteiger partial charge in [-0.15, -0.1) is 0 Å². The Morgan fingerprint density at radius 3 is 2.77 bits per heavy atom. The number of carbonyl (C=O) groups excluding carboxylic acids is 1. The molecule has 0 fully saturated rings. The van der Waals surface area contributed by atoms with Gasteiger partial charge in [0.25, 0.3) is 0 Å². The number of amides is 1. The normalized spacial score (nSPS) is 9.38. The highest BCUT2D eigenvalue weighted by molar-refractivity contribution is 5.85. The summed E-state index contributed by atoms with van der Waals surface area (Å²) in [4.78, 5) is 19.7. The lowest BCUT2D eigenvalue weighted by Gasteiger charge is -2.15. The van der Waals surface area contributed by atoms with Crippen LogP contribution in [0.2, 0.25) is 0 Å². The predicted octanol–water partition coefficient (Wildman–Crippen LogP) is -0.307. The average Bonchev–Trinajstić information content (AvgIpc) is 2.08. The summed E-state index contributed by atoms with van der Waals surface area (Å²) in [5.41, 5.74) is 5.98. The number of rotatable bonds is 3. The van der Waals surface area contributed by atoms with E-state index in [4.69, 9.17) is 5.73 Å². The van der Waals surface area contributed by atoms with Gasteiger partial charge in [0, 0.05) is 14.1 Å². The number of aromatic nitrogens is 2. The Morgan fingerprint density at radius 2 is 2.23 bits per heavy atom. The van der Waals surface area contributed by atoms with Gasteiger partial charge in [0.15, 0.2) is 11.6 Å². The van der Waals surface area contributed by atoms with Gasteiger partial charge in [-0.3, -0.25) is 4.79 Å². The zero-order valence-corrected chi connectivity index (χ0v) is 7.48. The first kappa shape index (κ1) is 9.24. The summed E-state index contributed by atoms with van der Waals surface area (Å²) in [5.74, 6) is 0.838. The molecule has 0 radical (unpaired) electrons. The molecule has 1 heterocycles. The number of anilines is 3. The minimum Gasteiger partial charge on any atom is -0.382 e. The van der Waals surface area contributed by atoms with Gasteiger partial charge in [-0.25, -0.2) is 9.97 Å². The van der Waals surface area contributed by atoms with E-state index < -0.39 is 0 Å². The standard InChI is InChI=1S/C7H11N5O/c1-12(2)7-5(11-4-13)6(8)9-3-10-7/h3-4H,1-2H3,(H,11,13)(H2,8,9,10). The Morgan fingerprint density at radius 1 is 1.54 bits per heavy atom. The maximum atomic E-state index is 10.3. The Hall–Kier alpha value is -1.85. The Bertz CT molecular complexity index is 312. The lowest BCUT2D eigenvalue weighted by molar-refractivity contribution is -0.105. The van der Waals surface area contributed by atoms with Gasteiger partial charge in [-0.05, 0) is 0 Å². The molecular formula is C7H11N5O. The molecule has 0 aliphatic rings. The van der Waals surface area contributed by atoms with Crippen molar-refractivity contribution in [2.75, 3.05) is 30.0 Å². The van der Waals surface area contributed by atoms with Crippen molar-refractivity contribution in [2.45, 2.75) is 0 Å². The highest BCUT2D eigenvalue weighted by atomic mass is 16.1. The van der Waals surface area contributed by atoms with Crippen molar-refractivity contribution < 1.29 is 4.79 Å². The first-order valence-corrected chi connectivity index (χ1v) is 3.64. The number of hydrogen-bond donors (Lipinski definition) is 2. The minimum absolute atomic E-state index is 0.255. The summed E-state index contributed by atoms with van der Waals surface area (Å²) >= 11 is 0. The Labute approximate surface area is 75.8 Å². The Kier molecular flexibility index (Phi) is 2.63. The van der Waals surface area contributed by atoms with Gasteiger partial charge in [0.05, 0.1) is 0 Å². The van der Waals surface area contributed by atoms with E-state index in [1.807, 2.05) is 0 Å². The van der Waals surface area contributed by atoms with Gasteiger partial charge in [-0.2, -0.15) is 0 Å². The van der Waals surface area contributed by atoms with Crippen molar-refractivity contribution >= 4 is 23.7 Å². The molecule has 1 aromatic rings. The highest BCUT2D eigenvalue weighted by Gasteiger charge is 2.09. The number of nitrogens with zero attached hydrogens (tertiary/aromatic N) is 3. The number of hydrogen-bond acceptors (Lipinski definition) is 5.